The Labute approximate surface area is 83.8 Å². The van der Waals surface area contributed by atoms with Gasteiger partial charge in [-0.2, -0.15) is 0 Å². The molecule has 5 nitrogen and oxygen atoms in total. The molecule has 1 aliphatic heterocycles. The van der Waals surface area contributed by atoms with Gasteiger partial charge >= 0.3 is 0 Å². The summed E-state index contributed by atoms with van der Waals surface area (Å²) in [7, 11) is 1.82. The topological polar surface area (TPSA) is 61.4 Å². The number of amides is 2. The fourth-order valence-electron chi connectivity index (χ4n) is 1.41. The summed E-state index contributed by atoms with van der Waals surface area (Å²) < 4.78 is 0. The minimum atomic E-state index is 0.0360. The number of carbonyl (C=O) groups excluding carboxylic acids is 2. The Morgan fingerprint density at radius 3 is 3.07 bits per heavy atom. The van der Waals surface area contributed by atoms with Crippen molar-refractivity contribution < 1.29 is 9.59 Å². The molecule has 0 radical (unpaired) electrons. The van der Waals surface area contributed by atoms with Crippen molar-refractivity contribution in [2.75, 3.05) is 33.2 Å². The molecular formula is C9H17N3O2. The zero-order chi connectivity index (χ0) is 10.4. The first-order chi connectivity index (χ1) is 6.74. The highest BCUT2D eigenvalue weighted by Crippen LogP contribution is 1.99. The maximum absolute atomic E-state index is 11.6. The monoisotopic (exact) mass is 199 g/mol. The Balaban J connectivity index is 2.35. The number of hydrogen-bond acceptors (Lipinski definition) is 3. The molecule has 5 heteroatoms. The van der Waals surface area contributed by atoms with Crippen LogP contribution in [0.1, 0.15) is 12.8 Å². The van der Waals surface area contributed by atoms with E-state index in [1.807, 2.05) is 7.05 Å². The van der Waals surface area contributed by atoms with Gasteiger partial charge in [-0.05, 0) is 7.05 Å². The van der Waals surface area contributed by atoms with Crippen molar-refractivity contribution in [2.45, 2.75) is 12.8 Å². The highest BCUT2D eigenvalue weighted by Gasteiger charge is 2.17. The van der Waals surface area contributed by atoms with Crippen LogP contribution in [0.2, 0.25) is 0 Å². The molecule has 2 N–H and O–H groups in total. The Morgan fingerprint density at radius 1 is 1.57 bits per heavy atom. The van der Waals surface area contributed by atoms with Crippen LogP contribution in [0.5, 0.6) is 0 Å². The third-order valence-corrected chi connectivity index (χ3v) is 2.25. The quantitative estimate of drug-likeness (QED) is 0.609. The first-order valence-electron chi connectivity index (χ1n) is 4.93. The molecule has 1 heterocycles. The molecule has 0 spiro atoms. The summed E-state index contributed by atoms with van der Waals surface area (Å²) in [4.78, 5) is 24.3. The van der Waals surface area contributed by atoms with Crippen molar-refractivity contribution in [3.05, 3.63) is 0 Å². The van der Waals surface area contributed by atoms with Crippen LogP contribution in [0.25, 0.3) is 0 Å². The van der Waals surface area contributed by atoms with Crippen LogP contribution in [0, 0.1) is 0 Å². The van der Waals surface area contributed by atoms with Gasteiger partial charge in [0.1, 0.15) is 0 Å². The standard InChI is InChI=1S/C9H17N3O2/c1-10-4-2-9(14)12-6-3-8(13)11-5-7-12/h10H,2-7H2,1H3,(H,11,13). The predicted molar refractivity (Wildman–Crippen MR) is 52.8 cm³/mol. The maximum atomic E-state index is 11.6. The SMILES string of the molecule is CNCCC(=O)N1CCNC(=O)CC1. The van der Waals surface area contributed by atoms with Crippen LogP contribution in [0.15, 0.2) is 0 Å². The van der Waals surface area contributed by atoms with Crippen molar-refractivity contribution in [3.63, 3.8) is 0 Å². The van der Waals surface area contributed by atoms with E-state index in [2.05, 4.69) is 10.6 Å². The molecule has 2 amide bonds. The van der Waals surface area contributed by atoms with E-state index in [-0.39, 0.29) is 11.8 Å². The third-order valence-electron chi connectivity index (χ3n) is 2.25. The second kappa shape index (κ2) is 5.59. The molecule has 80 valence electrons. The van der Waals surface area contributed by atoms with Gasteiger partial charge in [-0.15, -0.1) is 0 Å². The molecule has 0 aromatic rings. The van der Waals surface area contributed by atoms with Gasteiger partial charge in [0, 0.05) is 39.0 Å². The highest BCUT2D eigenvalue weighted by molar-refractivity contribution is 5.80. The van der Waals surface area contributed by atoms with E-state index >= 15 is 0 Å². The molecule has 1 fully saturated rings. The first kappa shape index (κ1) is 11.0. The van der Waals surface area contributed by atoms with Gasteiger partial charge in [0.05, 0.1) is 0 Å². The Hall–Kier alpha value is -1.10. The number of carbonyl (C=O) groups is 2. The highest BCUT2D eigenvalue weighted by atomic mass is 16.2. The largest absolute Gasteiger partial charge is 0.354 e. The fourth-order valence-corrected chi connectivity index (χ4v) is 1.41. The zero-order valence-corrected chi connectivity index (χ0v) is 8.51. The van der Waals surface area contributed by atoms with E-state index in [1.54, 1.807) is 4.90 Å². The lowest BCUT2D eigenvalue weighted by molar-refractivity contribution is -0.130. The summed E-state index contributed by atoms with van der Waals surface area (Å²) in [5.41, 5.74) is 0. The number of rotatable bonds is 3. The molecule has 0 aliphatic carbocycles. The van der Waals surface area contributed by atoms with E-state index in [0.717, 1.165) is 0 Å². The second-order valence-corrected chi connectivity index (χ2v) is 3.33. The van der Waals surface area contributed by atoms with Gasteiger partial charge < -0.3 is 15.5 Å². The number of nitrogens with one attached hydrogen (secondary N) is 2. The van der Waals surface area contributed by atoms with E-state index in [9.17, 15) is 9.59 Å². The third kappa shape index (κ3) is 3.33. The molecule has 1 rings (SSSR count). The van der Waals surface area contributed by atoms with Crippen molar-refractivity contribution >= 4 is 11.8 Å². The van der Waals surface area contributed by atoms with Crippen molar-refractivity contribution in [1.29, 1.82) is 0 Å². The lowest BCUT2D eigenvalue weighted by Crippen LogP contribution is -2.35. The van der Waals surface area contributed by atoms with E-state index in [1.165, 1.54) is 0 Å². The van der Waals surface area contributed by atoms with Crippen LogP contribution in [-0.2, 0) is 9.59 Å². The molecule has 0 atom stereocenters. The molecule has 0 unspecified atom stereocenters. The maximum Gasteiger partial charge on any atom is 0.223 e. The van der Waals surface area contributed by atoms with E-state index in [0.29, 0.717) is 39.0 Å². The van der Waals surface area contributed by atoms with Gasteiger partial charge in [-0.25, -0.2) is 0 Å². The summed E-state index contributed by atoms with van der Waals surface area (Å²) in [6, 6.07) is 0. The normalized spacial score (nSPS) is 17.5. The van der Waals surface area contributed by atoms with Gasteiger partial charge in [0.25, 0.3) is 0 Å². The van der Waals surface area contributed by atoms with Crippen LogP contribution in [-0.4, -0.2) is 49.9 Å². The predicted octanol–water partition coefficient (Wildman–Crippen LogP) is -1.06. The second-order valence-electron chi connectivity index (χ2n) is 3.33. The molecule has 0 aromatic carbocycles. The smallest absolute Gasteiger partial charge is 0.223 e. The Kier molecular flexibility index (Phi) is 4.39. The van der Waals surface area contributed by atoms with Crippen molar-refractivity contribution in [1.82, 2.24) is 15.5 Å². The van der Waals surface area contributed by atoms with Crippen LogP contribution < -0.4 is 10.6 Å². The molecule has 1 aliphatic rings. The zero-order valence-electron chi connectivity index (χ0n) is 8.51. The summed E-state index contributed by atoms with van der Waals surface area (Å²) in [5, 5.41) is 5.67. The number of hydrogen-bond donors (Lipinski definition) is 2. The number of nitrogens with zero attached hydrogens (tertiary/aromatic N) is 1. The van der Waals surface area contributed by atoms with Crippen molar-refractivity contribution in [2.24, 2.45) is 0 Å². The minimum Gasteiger partial charge on any atom is -0.354 e. The van der Waals surface area contributed by atoms with Gasteiger partial charge in [0.2, 0.25) is 11.8 Å². The molecule has 1 saturated heterocycles. The van der Waals surface area contributed by atoms with Crippen LogP contribution in [0.3, 0.4) is 0 Å². The average Bonchev–Trinajstić information content (AvgIpc) is 2.39. The van der Waals surface area contributed by atoms with Crippen molar-refractivity contribution in [3.8, 4) is 0 Å². The van der Waals surface area contributed by atoms with Gasteiger partial charge in [0.15, 0.2) is 0 Å². The van der Waals surface area contributed by atoms with Gasteiger partial charge in [-0.3, -0.25) is 9.59 Å². The molecule has 0 bridgehead atoms. The minimum absolute atomic E-state index is 0.0360. The lowest BCUT2D eigenvalue weighted by Gasteiger charge is -2.19. The molecule has 14 heavy (non-hydrogen) atoms. The lowest BCUT2D eigenvalue weighted by atomic mass is 10.3. The summed E-state index contributed by atoms with van der Waals surface area (Å²) >= 11 is 0. The summed E-state index contributed by atoms with van der Waals surface area (Å²) in [5.74, 6) is 0.157. The van der Waals surface area contributed by atoms with Gasteiger partial charge in [-0.1, -0.05) is 0 Å². The molecular weight excluding hydrogens is 182 g/mol. The summed E-state index contributed by atoms with van der Waals surface area (Å²) in [6.45, 7) is 2.45. The molecule has 0 saturated carbocycles. The average molecular weight is 199 g/mol. The summed E-state index contributed by atoms with van der Waals surface area (Å²) in [6.07, 6.45) is 0.927. The molecule has 0 aromatic heterocycles. The van der Waals surface area contributed by atoms with E-state index < -0.39 is 0 Å². The Bertz CT molecular complexity index is 218. The Morgan fingerprint density at radius 2 is 2.36 bits per heavy atom. The first-order valence-corrected chi connectivity index (χ1v) is 4.93. The van der Waals surface area contributed by atoms with Crippen LogP contribution >= 0.6 is 0 Å². The van der Waals surface area contributed by atoms with E-state index in [4.69, 9.17) is 0 Å². The van der Waals surface area contributed by atoms with Crippen LogP contribution in [0.4, 0.5) is 0 Å². The fraction of sp³-hybridized carbons (Fsp3) is 0.778.